The summed E-state index contributed by atoms with van der Waals surface area (Å²) in [5.74, 6) is 2.35. The van der Waals surface area contributed by atoms with Crippen molar-refractivity contribution in [3.8, 4) is 0 Å². The number of hydrogen-bond acceptors (Lipinski definition) is 6. The number of aromatic nitrogens is 1. The highest BCUT2D eigenvalue weighted by Crippen LogP contribution is 2.24. The van der Waals surface area contributed by atoms with Crippen molar-refractivity contribution in [2.24, 2.45) is 5.84 Å². The number of ether oxygens (including phenoxy) is 1. The first-order valence-corrected chi connectivity index (χ1v) is 6.39. The lowest BCUT2D eigenvalue weighted by Gasteiger charge is -2.19. The number of nitrogen functional groups attached to an aromatic ring is 1. The van der Waals surface area contributed by atoms with E-state index < -0.39 is 23.2 Å². The summed E-state index contributed by atoms with van der Waals surface area (Å²) in [4.78, 5) is 15.1. The summed E-state index contributed by atoms with van der Waals surface area (Å²) in [6.45, 7) is 5.17. The number of rotatable bonds is 4. The van der Waals surface area contributed by atoms with Gasteiger partial charge in [-0.05, 0) is 20.8 Å². The Morgan fingerprint density at radius 3 is 2.63 bits per heavy atom. The van der Waals surface area contributed by atoms with E-state index in [-0.39, 0.29) is 16.6 Å². The molecule has 1 heterocycles. The van der Waals surface area contributed by atoms with E-state index in [1.807, 2.05) is 5.43 Å². The van der Waals surface area contributed by atoms with Gasteiger partial charge in [0.15, 0.2) is 17.5 Å². The monoisotopic (exact) mass is 291 g/mol. The fourth-order valence-electron chi connectivity index (χ4n) is 1.15. The molecule has 5 nitrogen and oxygen atoms in total. The minimum atomic E-state index is -0.901. The third kappa shape index (κ3) is 4.99. The SMILES string of the molecule is CC(C)(C)OC(=O)CSc1nc(NN)c(F)cc1F. The van der Waals surface area contributed by atoms with Crippen LogP contribution in [-0.4, -0.2) is 22.3 Å². The van der Waals surface area contributed by atoms with E-state index in [4.69, 9.17) is 10.6 Å². The summed E-state index contributed by atoms with van der Waals surface area (Å²) >= 11 is 0.811. The van der Waals surface area contributed by atoms with E-state index in [0.717, 1.165) is 11.8 Å². The lowest BCUT2D eigenvalue weighted by molar-refractivity contribution is -0.151. The zero-order valence-corrected chi connectivity index (χ0v) is 11.6. The number of nitrogens with two attached hydrogens (primary N) is 1. The normalized spacial score (nSPS) is 11.3. The average molecular weight is 291 g/mol. The average Bonchev–Trinajstić information content (AvgIpc) is 2.25. The molecule has 0 aromatic carbocycles. The molecular formula is C11H15F2N3O2S. The van der Waals surface area contributed by atoms with Crippen molar-refractivity contribution in [2.75, 3.05) is 11.2 Å². The van der Waals surface area contributed by atoms with E-state index in [1.54, 1.807) is 20.8 Å². The first-order chi connectivity index (χ1) is 8.73. The minimum absolute atomic E-state index is 0.125. The van der Waals surface area contributed by atoms with Crippen LogP contribution in [-0.2, 0) is 9.53 Å². The molecular weight excluding hydrogens is 276 g/mol. The number of pyridine rings is 1. The summed E-state index contributed by atoms with van der Waals surface area (Å²) in [6.07, 6.45) is 0. The van der Waals surface area contributed by atoms with Gasteiger partial charge in [0, 0.05) is 6.07 Å². The summed E-state index contributed by atoms with van der Waals surface area (Å²) in [7, 11) is 0. The van der Waals surface area contributed by atoms with Gasteiger partial charge in [-0.1, -0.05) is 11.8 Å². The Morgan fingerprint density at radius 2 is 2.11 bits per heavy atom. The number of carbonyl (C=O) groups is 1. The first kappa shape index (κ1) is 15.6. The van der Waals surface area contributed by atoms with Crippen molar-refractivity contribution in [1.82, 2.24) is 4.98 Å². The Kier molecular flexibility index (Phi) is 5.07. The van der Waals surface area contributed by atoms with Crippen molar-refractivity contribution in [3.63, 3.8) is 0 Å². The number of carbonyl (C=O) groups excluding carboxylic acids is 1. The number of hydrogen-bond donors (Lipinski definition) is 2. The Hall–Kier alpha value is -1.41. The molecule has 1 aromatic rings. The molecule has 0 saturated carbocycles. The molecule has 0 aliphatic rings. The fourth-order valence-corrected chi connectivity index (χ4v) is 1.82. The van der Waals surface area contributed by atoms with Crippen LogP contribution in [0.3, 0.4) is 0 Å². The van der Waals surface area contributed by atoms with Crippen LogP contribution in [0.2, 0.25) is 0 Å². The minimum Gasteiger partial charge on any atom is -0.459 e. The Bertz CT molecular complexity index is 478. The van der Waals surface area contributed by atoms with E-state index in [0.29, 0.717) is 6.07 Å². The van der Waals surface area contributed by atoms with Crippen LogP contribution in [0.1, 0.15) is 20.8 Å². The molecule has 0 unspecified atom stereocenters. The zero-order valence-electron chi connectivity index (χ0n) is 10.8. The predicted molar refractivity (Wildman–Crippen MR) is 68.5 cm³/mol. The van der Waals surface area contributed by atoms with Crippen LogP contribution in [0, 0.1) is 11.6 Å². The van der Waals surface area contributed by atoms with E-state index >= 15 is 0 Å². The molecule has 0 amide bonds. The topological polar surface area (TPSA) is 77.2 Å². The van der Waals surface area contributed by atoms with Crippen molar-refractivity contribution in [3.05, 3.63) is 17.7 Å². The lowest BCUT2D eigenvalue weighted by Crippen LogP contribution is -2.25. The molecule has 3 N–H and O–H groups in total. The second-order valence-corrected chi connectivity index (χ2v) is 5.59. The molecule has 0 saturated heterocycles. The summed E-state index contributed by atoms with van der Waals surface area (Å²) in [5.41, 5.74) is 1.39. The number of esters is 1. The Labute approximate surface area is 113 Å². The Balaban J connectivity index is 2.70. The largest absolute Gasteiger partial charge is 0.459 e. The molecule has 19 heavy (non-hydrogen) atoms. The van der Waals surface area contributed by atoms with Crippen LogP contribution < -0.4 is 11.3 Å². The number of nitrogens with one attached hydrogen (secondary N) is 1. The molecule has 1 aromatic heterocycles. The number of anilines is 1. The highest BCUT2D eigenvalue weighted by Gasteiger charge is 2.18. The standard InChI is InChI=1S/C11H15F2N3O2S/c1-11(2,3)18-8(17)5-19-10-7(13)4-6(12)9(15-10)16-14/h4H,5,14H2,1-3H3,(H,15,16). The van der Waals surface area contributed by atoms with E-state index in [1.165, 1.54) is 0 Å². The molecule has 0 radical (unpaired) electrons. The molecule has 1 rings (SSSR count). The van der Waals surface area contributed by atoms with Gasteiger partial charge in [-0.2, -0.15) is 0 Å². The molecule has 0 spiro atoms. The smallest absolute Gasteiger partial charge is 0.316 e. The molecule has 0 aliphatic carbocycles. The highest BCUT2D eigenvalue weighted by atomic mass is 32.2. The second kappa shape index (κ2) is 6.16. The van der Waals surface area contributed by atoms with Crippen molar-refractivity contribution in [1.29, 1.82) is 0 Å². The maximum Gasteiger partial charge on any atom is 0.316 e. The van der Waals surface area contributed by atoms with Crippen molar-refractivity contribution < 1.29 is 18.3 Å². The molecule has 0 atom stereocenters. The molecule has 0 bridgehead atoms. The predicted octanol–water partition coefficient (Wildman–Crippen LogP) is 2.08. The Morgan fingerprint density at radius 1 is 1.47 bits per heavy atom. The van der Waals surface area contributed by atoms with Gasteiger partial charge in [0.25, 0.3) is 0 Å². The quantitative estimate of drug-likeness (QED) is 0.383. The van der Waals surface area contributed by atoms with Gasteiger partial charge in [0.2, 0.25) is 0 Å². The third-order valence-electron chi connectivity index (χ3n) is 1.78. The van der Waals surface area contributed by atoms with Crippen molar-refractivity contribution >= 4 is 23.5 Å². The molecule has 106 valence electrons. The van der Waals surface area contributed by atoms with Gasteiger partial charge >= 0.3 is 5.97 Å². The fraction of sp³-hybridized carbons (Fsp3) is 0.455. The van der Waals surface area contributed by atoms with Gasteiger partial charge in [-0.3, -0.25) is 4.79 Å². The van der Waals surface area contributed by atoms with E-state index in [9.17, 15) is 13.6 Å². The summed E-state index contributed by atoms with van der Waals surface area (Å²) in [5, 5.41) is -0.125. The number of thioether (sulfide) groups is 1. The summed E-state index contributed by atoms with van der Waals surface area (Å²) < 4.78 is 31.6. The van der Waals surface area contributed by atoms with Crippen LogP contribution >= 0.6 is 11.8 Å². The highest BCUT2D eigenvalue weighted by molar-refractivity contribution is 7.99. The summed E-state index contributed by atoms with van der Waals surface area (Å²) in [6, 6.07) is 0.652. The maximum absolute atomic E-state index is 13.4. The van der Waals surface area contributed by atoms with Crippen LogP contribution in [0.4, 0.5) is 14.6 Å². The number of hydrazine groups is 1. The van der Waals surface area contributed by atoms with Gasteiger partial charge in [0.05, 0.1) is 5.75 Å². The van der Waals surface area contributed by atoms with Gasteiger partial charge < -0.3 is 10.2 Å². The van der Waals surface area contributed by atoms with E-state index in [2.05, 4.69) is 4.98 Å². The van der Waals surface area contributed by atoms with Gasteiger partial charge in [-0.15, -0.1) is 0 Å². The maximum atomic E-state index is 13.4. The molecule has 8 heteroatoms. The lowest BCUT2D eigenvalue weighted by atomic mass is 10.2. The van der Waals surface area contributed by atoms with Gasteiger partial charge in [-0.25, -0.2) is 19.6 Å². The zero-order chi connectivity index (χ0) is 14.6. The second-order valence-electron chi connectivity index (χ2n) is 4.63. The third-order valence-corrected chi connectivity index (χ3v) is 2.72. The van der Waals surface area contributed by atoms with Crippen LogP contribution in [0.25, 0.3) is 0 Å². The molecule has 0 aliphatic heterocycles. The van der Waals surface area contributed by atoms with Crippen molar-refractivity contribution in [2.45, 2.75) is 31.4 Å². The van der Waals surface area contributed by atoms with Crippen LogP contribution in [0.15, 0.2) is 11.1 Å². The molecule has 0 fully saturated rings. The van der Waals surface area contributed by atoms with Crippen LogP contribution in [0.5, 0.6) is 0 Å². The van der Waals surface area contributed by atoms with Gasteiger partial charge in [0.1, 0.15) is 10.6 Å². The number of halogens is 2. The first-order valence-electron chi connectivity index (χ1n) is 5.40. The number of nitrogens with zero attached hydrogens (tertiary/aromatic N) is 1.